The number of hydrogen-bond acceptors (Lipinski definition) is 1. The Labute approximate surface area is 142 Å². The van der Waals surface area contributed by atoms with Crippen LogP contribution in [0.25, 0.3) is 0 Å². The highest BCUT2D eigenvalue weighted by Gasteiger charge is 2.56. The Hall–Kier alpha value is -1.45. The van der Waals surface area contributed by atoms with Crippen LogP contribution in [-0.2, 0) is 16.6 Å². The largest absolute Gasteiger partial charge is 0.356 e. The van der Waals surface area contributed by atoms with Crippen molar-refractivity contribution in [3.63, 3.8) is 0 Å². The van der Waals surface area contributed by atoms with Gasteiger partial charge in [-0.05, 0) is 55.6 Å². The van der Waals surface area contributed by atoms with Crippen molar-refractivity contribution in [2.24, 2.45) is 11.8 Å². The maximum Gasteiger partial charge on any atom is 0.248 e. The highest BCUT2D eigenvalue weighted by Crippen LogP contribution is 2.59. The maximum absolute atomic E-state index is 13.2. The van der Waals surface area contributed by atoms with Crippen LogP contribution in [0.15, 0.2) is 24.3 Å². The van der Waals surface area contributed by atoms with Crippen LogP contribution < -0.4 is 5.32 Å². The Balaban J connectivity index is 1.33. The number of halogens is 2. The van der Waals surface area contributed by atoms with Gasteiger partial charge in [0.25, 0.3) is 0 Å². The van der Waals surface area contributed by atoms with Crippen molar-refractivity contribution < 1.29 is 13.6 Å². The zero-order chi connectivity index (χ0) is 16.8. The van der Waals surface area contributed by atoms with Gasteiger partial charge in [-0.25, -0.2) is 8.78 Å². The zero-order valence-corrected chi connectivity index (χ0v) is 14.0. The van der Waals surface area contributed by atoms with Gasteiger partial charge < -0.3 is 5.32 Å². The molecule has 0 aliphatic heterocycles. The summed E-state index contributed by atoms with van der Waals surface area (Å²) in [5, 5.41) is 3.06. The van der Waals surface area contributed by atoms with Gasteiger partial charge in [-0.15, -0.1) is 0 Å². The predicted molar refractivity (Wildman–Crippen MR) is 89.1 cm³/mol. The minimum atomic E-state index is -2.57. The van der Waals surface area contributed by atoms with E-state index in [1.54, 1.807) is 0 Å². The number of aryl methyl sites for hydroxylation is 1. The van der Waals surface area contributed by atoms with Crippen LogP contribution in [-0.4, -0.2) is 18.4 Å². The van der Waals surface area contributed by atoms with E-state index in [1.165, 1.54) is 24.0 Å². The fraction of sp³-hybridized carbons (Fsp3) is 0.650. The number of rotatable bonds is 3. The van der Waals surface area contributed by atoms with Crippen LogP contribution in [0.3, 0.4) is 0 Å². The van der Waals surface area contributed by atoms with E-state index in [0.717, 1.165) is 12.8 Å². The molecular weight excluding hydrogens is 308 g/mol. The molecular formula is C20H25F2NO. The monoisotopic (exact) mass is 333 g/mol. The van der Waals surface area contributed by atoms with Crippen LogP contribution >= 0.6 is 0 Å². The van der Waals surface area contributed by atoms with E-state index in [4.69, 9.17) is 0 Å². The zero-order valence-electron chi connectivity index (χ0n) is 14.0. The molecule has 1 amide bonds. The molecule has 4 heteroatoms. The number of nitrogens with one attached hydrogen (secondary N) is 1. The summed E-state index contributed by atoms with van der Waals surface area (Å²) in [6, 6.07) is 8.70. The van der Waals surface area contributed by atoms with Crippen molar-refractivity contribution in [1.82, 2.24) is 5.32 Å². The molecule has 130 valence electrons. The van der Waals surface area contributed by atoms with E-state index in [1.807, 2.05) is 0 Å². The van der Waals surface area contributed by atoms with Crippen molar-refractivity contribution in [2.45, 2.75) is 62.7 Å². The van der Waals surface area contributed by atoms with Crippen molar-refractivity contribution in [1.29, 1.82) is 0 Å². The van der Waals surface area contributed by atoms with Gasteiger partial charge in [-0.2, -0.15) is 0 Å². The van der Waals surface area contributed by atoms with Crippen LogP contribution in [0.1, 0.15) is 56.1 Å². The molecule has 2 saturated carbocycles. The average Bonchev–Trinajstić information content (AvgIpc) is 3.26. The molecule has 2 unspecified atom stereocenters. The van der Waals surface area contributed by atoms with Gasteiger partial charge in [-0.1, -0.05) is 24.3 Å². The molecule has 2 atom stereocenters. The number of fused-ring (bicyclic) bond motifs is 2. The Morgan fingerprint density at radius 1 is 1.17 bits per heavy atom. The molecule has 1 aromatic carbocycles. The van der Waals surface area contributed by atoms with Gasteiger partial charge in [0.2, 0.25) is 11.8 Å². The van der Waals surface area contributed by atoms with Crippen LogP contribution in [0, 0.1) is 11.8 Å². The molecule has 2 nitrogen and oxygen atoms in total. The maximum atomic E-state index is 13.2. The summed E-state index contributed by atoms with van der Waals surface area (Å²) in [7, 11) is 0. The van der Waals surface area contributed by atoms with Crippen molar-refractivity contribution >= 4 is 5.91 Å². The lowest BCUT2D eigenvalue weighted by molar-refractivity contribution is -0.129. The Morgan fingerprint density at radius 2 is 1.92 bits per heavy atom. The SMILES string of the molecule is O=C(NCC1CC12CCCc1ccccc12)C1CCC(F)(F)CC1. The first kappa shape index (κ1) is 16.0. The summed E-state index contributed by atoms with van der Waals surface area (Å²) >= 11 is 0. The lowest BCUT2D eigenvalue weighted by Crippen LogP contribution is -2.37. The standard InChI is InChI=1S/C20H25F2NO/c21-20(22)10-7-15(8-11-20)18(24)23-13-16-12-19(16)9-3-5-14-4-1-2-6-17(14)19/h1-2,4,6,15-16H,3,5,7-13H2,(H,23,24). The molecule has 4 rings (SSSR count). The van der Waals surface area contributed by atoms with Crippen LogP contribution in [0.2, 0.25) is 0 Å². The number of carbonyl (C=O) groups is 1. The minimum Gasteiger partial charge on any atom is -0.356 e. The summed E-state index contributed by atoms with van der Waals surface area (Å²) < 4.78 is 26.4. The minimum absolute atomic E-state index is 0.0170. The molecule has 24 heavy (non-hydrogen) atoms. The third-order valence-electron chi connectivity index (χ3n) is 6.47. The van der Waals surface area contributed by atoms with E-state index in [-0.39, 0.29) is 30.1 Å². The summed E-state index contributed by atoms with van der Waals surface area (Å²) in [4.78, 5) is 12.3. The molecule has 0 radical (unpaired) electrons. The molecule has 2 fully saturated rings. The molecule has 0 aromatic heterocycles. The number of hydrogen-bond donors (Lipinski definition) is 1. The second-order valence-electron chi connectivity index (χ2n) is 7.94. The van der Waals surface area contributed by atoms with Crippen molar-refractivity contribution in [3.8, 4) is 0 Å². The quantitative estimate of drug-likeness (QED) is 0.881. The smallest absolute Gasteiger partial charge is 0.248 e. The van der Waals surface area contributed by atoms with E-state index in [0.29, 0.717) is 25.3 Å². The van der Waals surface area contributed by atoms with Gasteiger partial charge >= 0.3 is 0 Å². The van der Waals surface area contributed by atoms with Crippen LogP contribution in [0.5, 0.6) is 0 Å². The summed E-state index contributed by atoms with van der Waals surface area (Å²) in [6.45, 7) is 0.695. The molecule has 0 saturated heterocycles. The molecule has 0 bridgehead atoms. The lowest BCUT2D eigenvalue weighted by Gasteiger charge is -2.28. The second-order valence-corrected chi connectivity index (χ2v) is 7.94. The van der Waals surface area contributed by atoms with Gasteiger partial charge in [-0.3, -0.25) is 4.79 Å². The van der Waals surface area contributed by atoms with Crippen LogP contribution in [0.4, 0.5) is 8.78 Å². The summed E-state index contributed by atoms with van der Waals surface area (Å²) in [6.07, 6.45) is 5.08. The first-order valence-corrected chi connectivity index (χ1v) is 9.24. The van der Waals surface area contributed by atoms with Crippen molar-refractivity contribution in [3.05, 3.63) is 35.4 Å². The first-order valence-electron chi connectivity index (χ1n) is 9.24. The molecule has 1 spiro atoms. The molecule has 3 aliphatic rings. The van der Waals surface area contributed by atoms with E-state index >= 15 is 0 Å². The normalized spacial score (nSPS) is 31.5. The highest BCUT2D eigenvalue weighted by atomic mass is 19.3. The Morgan fingerprint density at radius 3 is 2.71 bits per heavy atom. The Kier molecular flexibility index (Phi) is 3.89. The van der Waals surface area contributed by atoms with Gasteiger partial charge in [0, 0.05) is 30.7 Å². The Bertz CT molecular complexity index is 634. The molecule has 0 heterocycles. The number of carbonyl (C=O) groups excluding carboxylic acids is 1. The highest BCUT2D eigenvalue weighted by molar-refractivity contribution is 5.78. The fourth-order valence-corrected chi connectivity index (χ4v) is 4.91. The number of alkyl halides is 2. The van der Waals surface area contributed by atoms with E-state index < -0.39 is 5.92 Å². The molecule has 3 aliphatic carbocycles. The molecule has 1 N–H and O–H groups in total. The number of amides is 1. The van der Waals surface area contributed by atoms with E-state index in [2.05, 4.69) is 29.6 Å². The first-order chi connectivity index (χ1) is 11.5. The van der Waals surface area contributed by atoms with Gasteiger partial charge in [0.05, 0.1) is 0 Å². The van der Waals surface area contributed by atoms with E-state index in [9.17, 15) is 13.6 Å². The van der Waals surface area contributed by atoms with Gasteiger partial charge in [0.1, 0.15) is 0 Å². The lowest BCUT2D eigenvalue weighted by atomic mass is 9.78. The summed E-state index contributed by atoms with van der Waals surface area (Å²) in [5.41, 5.74) is 3.21. The molecule has 1 aromatic rings. The summed E-state index contributed by atoms with van der Waals surface area (Å²) in [5.74, 6) is -2.30. The van der Waals surface area contributed by atoms with Crippen molar-refractivity contribution in [2.75, 3.05) is 6.54 Å². The van der Waals surface area contributed by atoms with Gasteiger partial charge in [0.15, 0.2) is 0 Å². The fourth-order valence-electron chi connectivity index (χ4n) is 4.91. The third-order valence-corrected chi connectivity index (χ3v) is 6.47. The topological polar surface area (TPSA) is 29.1 Å². The predicted octanol–water partition coefficient (Wildman–Crippen LogP) is 4.22. The third kappa shape index (κ3) is 2.84. The average molecular weight is 333 g/mol. The second kappa shape index (κ2) is 5.82. The number of benzene rings is 1.